The van der Waals surface area contributed by atoms with Crippen LogP contribution in [-0.4, -0.2) is 50.4 Å². The highest BCUT2D eigenvalue weighted by atomic mass is 32.2. The van der Waals surface area contributed by atoms with E-state index in [1.165, 1.54) is 16.4 Å². The van der Waals surface area contributed by atoms with Crippen molar-refractivity contribution < 1.29 is 27.5 Å². The highest BCUT2D eigenvalue weighted by Gasteiger charge is 2.27. The third kappa shape index (κ3) is 5.62. The lowest BCUT2D eigenvalue weighted by Gasteiger charge is -2.17. The Bertz CT molecular complexity index is 1010. The molecule has 0 aliphatic carbocycles. The highest BCUT2D eigenvalue weighted by Crippen LogP contribution is 2.22. The molecule has 2 aromatic carbocycles. The zero-order chi connectivity index (χ0) is 22.4. The Morgan fingerprint density at radius 1 is 1.03 bits per heavy atom. The predicted molar refractivity (Wildman–Crippen MR) is 116 cm³/mol. The fraction of sp³-hybridized carbons (Fsp3) is 0.364. The molecule has 1 amide bonds. The lowest BCUT2D eigenvalue weighted by molar-refractivity contribution is -0.122. The SMILES string of the molecule is CCOC(=O)c1ccc(O[C@H](C)C(=O)Nc2ccc(S(=O)(=O)N3CCCC3)cc2)cc1. The van der Waals surface area contributed by atoms with Crippen LogP contribution in [0, 0.1) is 0 Å². The number of sulfonamides is 1. The summed E-state index contributed by atoms with van der Waals surface area (Å²) in [5.74, 6) is -0.373. The average Bonchev–Trinajstić information content (AvgIpc) is 3.31. The highest BCUT2D eigenvalue weighted by molar-refractivity contribution is 7.89. The van der Waals surface area contributed by atoms with Gasteiger partial charge in [0.1, 0.15) is 5.75 Å². The van der Waals surface area contributed by atoms with Crippen LogP contribution in [0.15, 0.2) is 53.4 Å². The third-order valence-corrected chi connectivity index (χ3v) is 6.79. The molecule has 0 radical (unpaired) electrons. The summed E-state index contributed by atoms with van der Waals surface area (Å²) < 4.78 is 37.2. The van der Waals surface area contributed by atoms with E-state index in [-0.39, 0.29) is 10.8 Å². The van der Waals surface area contributed by atoms with Crippen molar-refractivity contribution in [2.75, 3.05) is 25.0 Å². The van der Waals surface area contributed by atoms with Gasteiger partial charge >= 0.3 is 5.97 Å². The fourth-order valence-electron chi connectivity index (χ4n) is 3.17. The van der Waals surface area contributed by atoms with E-state index in [4.69, 9.17) is 9.47 Å². The Morgan fingerprint density at radius 2 is 1.65 bits per heavy atom. The number of amides is 1. The van der Waals surface area contributed by atoms with Crippen LogP contribution in [-0.2, 0) is 19.6 Å². The molecule has 2 aromatic rings. The molecule has 1 fully saturated rings. The Hall–Kier alpha value is -2.91. The first-order valence-corrected chi connectivity index (χ1v) is 11.6. The monoisotopic (exact) mass is 446 g/mol. The Kier molecular flexibility index (Phi) is 7.29. The van der Waals surface area contributed by atoms with Crippen molar-refractivity contribution in [2.24, 2.45) is 0 Å². The number of hydrogen-bond acceptors (Lipinski definition) is 6. The van der Waals surface area contributed by atoms with Crippen LogP contribution in [0.3, 0.4) is 0 Å². The van der Waals surface area contributed by atoms with Crippen LogP contribution in [0.5, 0.6) is 5.75 Å². The van der Waals surface area contributed by atoms with Crippen LogP contribution in [0.2, 0.25) is 0 Å². The van der Waals surface area contributed by atoms with Gasteiger partial charge in [-0.2, -0.15) is 4.31 Å². The molecule has 1 atom stereocenters. The Balaban J connectivity index is 1.57. The van der Waals surface area contributed by atoms with Gasteiger partial charge in [0, 0.05) is 18.8 Å². The number of ether oxygens (including phenoxy) is 2. The van der Waals surface area contributed by atoms with Crippen molar-refractivity contribution in [3.05, 3.63) is 54.1 Å². The Morgan fingerprint density at radius 3 is 2.23 bits per heavy atom. The largest absolute Gasteiger partial charge is 0.481 e. The first kappa shape index (κ1) is 22.8. The standard InChI is InChI=1S/C22H26N2O6S/c1-3-29-22(26)17-6-10-19(11-7-17)30-16(2)21(25)23-18-8-12-20(13-9-18)31(27,28)24-14-4-5-15-24/h6-13,16H,3-5,14-15H2,1-2H3,(H,23,25)/t16-/m1/s1. The second kappa shape index (κ2) is 9.93. The molecule has 0 bridgehead atoms. The quantitative estimate of drug-likeness (QED) is 0.626. The number of carbonyl (C=O) groups is 2. The zero-order valence-corrected chi connectivity index (χ0v) is 18.4. The Labute approximate surface area is 182 Å². The van der Waals surface area contributed by atoms with Gasteiger partial charge in [-0.25, -0.2) is 13.2 Å². The molecule has 9 heteroatoms. The van der Waals surface area contributed by atoms with Gasteiger partial charge in [-0.15, -0.1) is 0 Å². The minimum absolute atomic E-state index is 0.207. The smallest absolute Gasteiger partial charge is 0.338 e. The van der Waals surface area contributed by atoms with Gasteiger partial charge in [-0.1, -0.05) is 0 Å². The van der Waals surface area contributed by atoms with E-state index in [9.17, 15) is 18.0 Å². The summed E-state index contributed by atoms with van der Waals surface area (Å²) in [7, 11) is -3.49. The second-order valence-electron chi connectivity index (χ2n) is 7.13. The molecule has 1 aliphatic heterocycles. The van der Waals surface area contributed by atoms with Gasteiger partial charge in [0.25, 0.3) is 5.91 Å². The maximum Gasteiger partial charge on any atom is 0.338 e. The molecule has 1 heterocycles. The molecular weight excluding hydrogens is 420 g/mol. The molecule has 0 aromatic heterocycles. The molecule has 3 rings (SSSR count). The minimum Gasteiger partial charge on any atom is -0.481 e. The van der Waals surface area contributed by atoms with Crippen LogP contribution in [0.25, 0.3) is 0 Å². The topological polar surface area (TPSA) is 102 Å². The zero-order valence-electron chi connectivity index (χ0n) is 17.5. The molecule has 166 valence electrons. The second-order valence-corrected chi connectivity index (χ2v) is 9.07. The lowest BCUT2D eigenvalue weighted by Crippen LogP contribution is -2.30. The van der Waals surface area contributed by atoms with E-state index >= 15 is 0 Å². The van der Waals surface area contributed by atoms with Crippen molar-refractivity contribution in [1.29, 1.82) is 0 Å². The van der Waals surface area contributed by atoms with Crippen molar-refractivity contribution in [3.63, 3.8) is 0 Å². The number of carbonyl (C=O) groups excluding carboxylic acids is 2. The van der Waals surface area contributed by atoms with E-state index in [1.807, 2.05) is 0 Å². The van der Waals surface area contributed by atoms with Crippen molar-refractivity contribution in [3.8, 4) is 5.75 Å². The van der Waals surface area contributed by atoms with Gasteiger partial charge in [0.05, 0.1) is 17.1 Å². The maximum absolute atomic E-state index is 12.6. The number of hydrogen-bond donors (Lipinski definition) is 1. The summed E-state index contributed by atoms with van der Waals surface area (Å²) in [5.41, 5.74) is 0.869. The van der Waals surface area contributed by atoms with E-state index < -0.39 is 22.1 Å². The van der Waals surface area contributed by atoms with Gasteiger partial charge in [0.15, 0.2) is 6.10 Å². The van der Waals surface area contributed by atoms with Crippen LogP contribution >= 0.6 is 0 Å². The van der Waals surface area contributed by atoms with Gasteiger partial charge in [0.2, 0.25) is 10.0 Å². The number of rotatable bonds is 8. The summed E-state index contributed by atoms with van der Waals surface area (Å²) in [6, 6.07) is 12.4. The third-order valence-electron chi connectivity index (χ3n) is 4.87. The lowest BCUT2D eigenvalue weighted by atomic mass is 10.2. The molecule has 0 unspecified atom stereocenters. The number of benzene rings is 2. The van der Waals surface area contributed by atoms with Gasteiger partial charge < -0.3 is 14.8 Å². The van der Waals surface area contributed by atoms with Crippen molar-refractivity contribution >= 4 is 27.6 Å². The summed E-state index contributed by atoms with van der Waals surface area (Å²) >= 11 is 0. The van der Waals surface area contributed by atoms with E-state index in [2.05, 4.69) is 5.32 Å². The van der Waals surface area contributed by atoms with Gasteiger partial charge in [-0.05, 0) is 75.2 Å². The first-order chi connectivity index (χ1) is 14.8. The molecular formula is C22H26N2O6S. The summed E-state index contributed by atoms with van der Waals surface area (Å²) in [5, 5.41) is 2.71. The summed E-state index contributed by atoms with van der Waals surface area (Å²) in [6.07, 6.45) is 0.939. The van der Waals surface area contributed by atoms with Crippen molar-refractivity contribution in [2.45, 2.75) is 37.7 Å². The number of nitrogens with one attached hydrogen (secondary N) is 1. The molecule has 1 N–H and O–H groups in total. The maximum atomic E-state index is 12.6. The molecule has 0 saturated carbocycles. The number of esters is 1. The molecule has 31 heavy (non-hydrogen) atoms. The summed E-state index contributed by atoms with van der Waals surface area (Å²) in [4.78, 5) is 24.3. The fourth-order valence-corrected chi connectivity index (χ4v) is 4.69. The van der Waals surface area contributed by atoms with E-state index in [1.54, 1.807) is 50.2 Å². The number of nitrogens with zero attached hydrogens (tertiary/aromatic N) is 1. The molecule has 8 nitrogen and oxygen atoms in total. The first-order valence-electron chi connectivity index (χ1n) is 10.2. The molecule has 0 spiro atoms. The minimum atomic E-state index is -3.49. The van der Waals surface area contributed by atoms with Crippen molar-refractivity contribution in [1.82, 2.24) is 4.31 Å². The normalized spacial score (nSPS) is 15.3. The molecule has 1 saturated heterocycles. The van der Waals surface area contributed by atoms with E-state index in [0.29, 0.717) is 36.7 Å². The van der Waals surface area contributed by atoms with Crippen LogP contribution in [0.1, 0.15) is 37.0 Å². The predicted octanol–water partition coefficient (Wildman–Crippen LogP) is 3.05. The van der Waals surface area contributed by atoms with E-state index in [0.717, 1.165) is 12.8 Å². The summed E-state index contributed by atoms with van der Waals surface area (Å²) in [6.45, 7) is 4.70. The molecule has 1 aliphatic rings. The average molecular weight is 447 g/mol. The van der Waals surface area contributed by atoms with Gasteiger partial charge in [-0.3, -0.25) is 4.79 Å². The van der Waals surface area contributed by atoms with Crippen LogP contribution < -0.4 is 10.1 Å². The number of anilines is 1. The van der Waals surface area contributed by atoms with Crippen LogP contribution in [0.4, 0.5) is 5.69 Å².